The molecular formula is C18H36N2. The molecule has 2 rings (SSSR count). The highest BCUT2D eigenvalue weighted by Crippen LogP contribution is 2.27. The fourth-order valence-electron chi connectivity index (χ4n) is 4.45. The molecule has 20 heavy (non-hydrogen) atoms. The Bertz CT molecular complexity index is 254. The number of hydrogen-bond acceptors (Lipinski definition) is 2. The van der Waals surface area contributed by atoms with Gasteiger partial charge in [0.2, 0.25) is 0 Å². The van der Waals surface area contributed by atoms with E-state index in [2.05, 4.69) is 24.2 Å². The summed E-state index contributed by atoms with van der Waals surface area (Å²) in [4.78, 5) is 2.85. The summed E-state index contributed by atoms with van der Waals surface area (Å²) >= 11 is 0. The van der Waals surface area contributed by atoms with E-state index >= 15 is 0 Å². The van der Waals surface area contributed by atoms with E-state index in [1.54, 1.807) is 0 Å². The van der Waals surface area contributed by atoms with E-state index in [-0.39, 0.29) is 0 Å². The molecule has 0 spiro atoms. The van der Waals surface area contributed by atoms with Crippen LogP contribution in [0, 0.1) is 5.92 Å². The van der Waals surface area contributed by atoms with Crippen LogP contribution in [0.15, 0.2) is 0 Å². The number of nitrogens with zero attached hydrogens (tertiary/aromatic N) is 1. The van der Waals surface area contributed by atoms with Gasteiger partial charge in [-0.1, -0.05) is 45.4 Å². The lowest BCUT2D eigenvalue weighted by atomic mass is 9.91. The third kappa shape index (κ3) is 4.73. The minimum Gasteiger partial charge on any atom is -0.315 e. The molecule has 1 saturated carbocycles. The van der Waals surface area contributed by atoms with Gasteiger partial charge in [0.05, 0.1) is 0 Å². The van der Waals surface area contributed by atoms with Crippen molar-refractivity contribution in [3.8, 4) is 0 Å². The molecule has 3 atom stereocenters. The summed E-state index contributed by atoms with van der Waals surface area (Å²) in [5.74, 6) is 1.01. The van der Waals surface area contributed by atoms with Crippen LogP contribution >= 0.6 is 0 Å². The monoisotopic (exact) mass is 280 g/mol. The first kappa shape index (κ1) is 16.3. The third-order valence-corrected chi connectivity index (χ3v) is 5.65. The second-order valence-corrected chi connectivity index (χ2v) is 7.08. The second-order valence-electron chi connectivity index (χ2n) is 7.08. The molecule has 0 aromatic carbocycles. The first-order valence-electron chi connectivity index (χ1n) is 9.26. The second kappa shape index (κ2) is 9.04. The molecule has 2 fully saturated rings. The van der Waals surface area contributed by atoms with E-state index in [9.17, 15) is 0 Å². The SMILES string of the molecule is CCCC1CCCN(C2CCCCCCC2NC)CC1. The number of likely N-dealkylation sites (tertiary alicyclic amines) is 1. The number of nitrogens with one attached hydrogen (secondary N) is 1. The summed E-state index contributed by atoms with van der Waals surface area (Å²) in [6, 6.07) is 1.54. The number of likely N-dealkylation sites (N-methyl/N-ethyl adjacent to an activating group) is 1. The van der Waals surface area contributed by atoms with Crippen molar-refractivity contribution in [1.82, 2.24) is 10.2 Å². The van der Waals surface area contributed by atoms with Gasteiger partial charge in [0.1, 0.15) is 0 Å². The minimum atomic E-state index is 0.734. The lowest BCUT2D eigenvalue weighted by Crippen LogP contribution is -2.50. The van der Waals surface area contributed by atoms with Gasteiger partial charge < -0.3 is 5.32 Å². The summed E-state index contributed by atoms with van der Waals surface area (Å²) in [5.41, 5.74) is 0. The quantitative estimate of drug-likeness (QED) is 0.830. The Kier molecular flexibility index (Phi) is 7.37. The topological polar surface area (TPSA) is 15.3 Å². The zero-order valence-electron chi connectivity index (χ0n) is 13.9. The molecule has 118 valence electrons. The number of hydrogen-bond donors (Lipinski definition) is 1. The molecular weight excluding hydrogens is 244 g/mol. The van der Waals surface area contributed by atoms with Gasteiger partial charge in [0.15, 0.2) is 0 Å². The van der Waals surface area contributed by atoms with Crippen LogP contribution < -0.4 is 5.32 Å². The van der Waals surface area contributed by atoms with Gasteiger partial charge in [-0.25, -0.2) is 0 Å². The Balaban J connectivity index is 1.92. The van der Waals surface area contributed by atoms with Crippen molar-refractivity contribution in [3.63, 3.8) is 0 Å². The first-order valence-corrected chi connectivity index (χ1v) is 9.26. The van der Waals surface area contributed by atoms with Crippen LogP contribution in [0.3, 0.4) is 0 Å². The van der Waals surface area contributed by atoms with E-state index in [4.69, 9.17) is 0 Å². The normalized spacial score (nSPS) is 34.2. The van der Waals surface area contributed by atoms with Crippen molar-refractivity contribution in [2.24, 2.45) is 5.92 Å². The summed E-state index contributed by atoms with van der Waals surface area (Å²) in [5, 5.41) is 3.63. The maximum absolute atomic E-state index is 3.63. The molecule has 2 aliphatic rings. The maximum Gasteiger partial charge on any atom is 0.0249 e. The van der Waals surface area contributed by atoms with Crippen molar-refractivity contribution in [1.29, 1.82) is 0 Å². The maximum atomic E-state index is 3.63. The predicted octanol–water partition coefficient (Wildman–Crippen LogP) is 4.20. The molecule has 0 amide bonds. The largest absolute Gasteiger partial charge is 0.315 e. The highest BCUT2D eigenvalue weighted by molar-refractivity contribution is 4.87. The van der Waals surface area contributed by atoms with Gasteiger partial charge in [-0.15, -0.1) is 0 Å². The van der Waals surface area contributed by atoms with Gasteiger partial charge in [-0.2, -0.15) is 0 Å². The van der Waals surface area contributed by atoms with Crippen molar-refractivity contribution < 1.29 is 0 Å². The molecule has 0 bridgehead atoms. The standard InChI is InChI=1S/C18H36N2/c1-3-9-16-10-8-14-20(15-13-16)18-12-7-5-4-6-11-17(18)19-2/h16-19H,3-15H2,1-2H3. The minimum absolute atomic E-state index is 0.734. The Morgan fingerprint density at radius 2 is 1.70 bits per heavy atom. The van der Waals surface area contributed by atoms with Crippen molar-refractivity contribution in [2.75, 3.05) is 20.1 Å². The summed E-state index contributed by atoms with van der Waals surface area (Å²) < 4.78 is 0. The molecule has 1 heterocycles. The van der Waals surface area contributed by atoms with Crippen molar-refractivity contribution >= 4 is 0 Å². The van der Waals surface area contributed by atoms with Gasteiger partial charge in [-0.05, 0) is 58.2 Å². The molecule has 0 radical (unpaired) electrons. The highest BCUT2D eigenvalue weighted by Gasteiger charge is 2.28. The van der Waals surface area contributed by atoms with Crippen LogP contribution in [-0.2, 0) is 0 Å². The Morgan fingerprint density at radius 3 is 2.45 bits per heavy atom. The fourth-order valence-corrected chi connectivity index (χ4v) is 4.45. The molecule has 1 aliphatic heterocycles. The lowest BCUT2D eigenvalue weighted by molar-refractivity contribution is 0.139. The van der Waals surface area contributed by atoms with E-state index in [1.165, 1.54) is 83.7 Å². The summed E-state index contributed by atoms with van der Waals surface area (Å²) in [6.45, 7) is 5.05. The van der Waals surface area contributed by atoms with Crippen molar-refractivity contribution in [3.05, 3.63) is 0 Å². The summed E-state index contributed by atoms with van der Waals surface area (Å²) in [7, 11) is 2.18. The van der Waals surface area contributed by atoms with Gasteiger partial charge in [0.25, 0.3) is 0 Å². The first-order chi connectivity index (χ1) is 9.85. The average molecular weight is 280 g/mol. The van der Waals surface area contributed by atoms with Crippen LogP contribution in [0.2, 0.25) is 0 Å². The van der Waals surface area contributed by atoms with E-state index in [1.807, 2.05) is 0 Å². The van der Waals surface area contributed by atoms with Crippen LogP contribution in [0.5, 0.6) is 0 Å². The van der Waals surface area contributed by atoms with Crippen LogP contribution in [0.1, 0.15) is 77.6 Å². The lowest BCUT2D eigenvalue weighted by Gasteiger charge is -2.38. The summed E-state index contributed by atoms with van der Waals surface area (Å²) in [6.07, 6.45) is 15.7. The van der Waals surface area contributed by atoms with E-state index in [0.29, 0.717) is 0 Å². The average Bonchev–Trinajstić information content (AvgIpc) is 2.65. The molecule has 2 heteroatoms. The Hall–Kier alpha value is -0.0800. The highest BCUT2D eigenvalue weighted by atomic mass is 15.2. The van der Waals surface area contributed by atoms with Crippen LogP contribution in [0.25, 0.3) is 0 Å². The van der Waals surface area contributed by atoms with Gasteiger partial charge >= 0.3 is 0 Å². The molecule has 1 N–H and O–H groups in total. The Labute approximate surface area is 126 Å². The molecule has 0 aromatic heterocycles. The fraction of sp³-hybridized carbons (Fsp3) is 1.00. The zero-order chi connectivity index (χ0) is 14.2. The van der Waals surface area contributed by atoms with Gasteiger partial charge in [0, 0.05) is 12.1 Å². The molecule has 2 nitrogen and oxygen atoms in total. The predicted molar refractivity (Wildman–Crippen MR) is 88.2 cm³/mol. The molecule has 1 saturated heterocycles. The van der Waals surface area contributed by atoms with Crippen LogP contribution in [-0.4, -0.2) is 37.1 Å². The molecule has 1 aliphatic carbocycles. The van der Waals surface area contributed by atoms with Crippen LogP contribution in [0.4, 0.5) is 0 Å². The van der Waals surface area contributed by atoms with Gasteiger partial charge in [-0.3, -0.25) is 4.90 Å². The molecule has 0 aromatic rings. The van der Waals surface area contributed by atoms with E-state index < -0.39 is 0 Å². The van der Waals surface area contributed by atoms with E-state index in [0.717, 1.165) is 18.0 Å². The molecule has 3 unspecified atom stereocenters. The van der Waals surface area contributed by atoms with Crippen molar-refractivity contribution in [2.45, 2.75) is 89.6 Å². The number of rotatable bonds is 4. The third-order valence-electron chi connectivity index (χ3n) is 5.65. The Morgan fingerprint density at radius 1 is 0.900 bits per heavy atom. The zero-order valence-corrected chi connectivity index (χ0v) is 13.9. The smallest absolute Gasteiger partial charge is 0.0249 e.